The van der Waals surface area contributed by atoms with E-state index in [0.29, 0.717) is 19.6 Å². The Morgan fingerprint density at radius 1 is 1.30 bits per heavy atom. The van der Waals surface area contributed by atoms with Crippen LogP contribution in [0.3, 0.4) is 0 Å². The van der Waals surface area contributed by atoms with Crippen LogP contribution in [0.1, 0.15) is 26.2 Å². The molecule has 0 atom stereocenters. The van der Waals surface area contributed by atoms with Crippen molar-refractivity contribution in [2.24, 2.45) is 0 Å². The van der Waals surface area contributed by atoms with E-state index in [-0.39, 0.29) is 9.92 Å². The Bertz CT molecular complexity index is 522. The van der Waals surface area contributed by atoms with Crippen molar-refractivity contribution >= 4 is 37.6 Å². The van der Waals surface area contributed by atoms with Crippen molar-refractivity contribution in [2.75, 3.05) is 19.8 Å². The topological polar surface area (TPSA) is 55.4 Å². The predicted molar refractivity (Wildman–Crippen MR) is 84.7 cm³/mol. The highest BCUT2D eigenvalue weighted by Gasteiger charge is 2.17. The van der Waals surface area contributed by atoms with E-state index in [1.807, 2.05) is 0 Å². The monoisotopic (exact) mass is 383 g/mol. The van der Waals surface area contributed by atoms with E-state index in [4.69, 9.17) is 16.3 Å². The van der Waals surface area contributed by atoms with E-state index in [2.05, 4.69) is 27.6 Å². The van der Waals surface area contributed by atoms with Crippen molar-refractivity contribution < 1.29 is 13.2 Å². The van der Waals surface area contributed by atoms with Crippen molar-refractivity contribution in [1.82, 2.24) is 4.72 Å². The lowest BCUT2D eigenvalue weighted by atomic mass is 10.4. The zero-order chi connectivity index (χ0) is 15.0. The van der Waals surface area contributed by atoms with Gasteiger partial charge in [-0.15, -0.1) is 0 Å². The van der Waals surface area contributed by atoms with Crippen molar-refractivity contribution in [3.05, 3.63) is 27.7 Å². The molecular weight excluding hydrogens is 366 g/mol. The Labute approximate surface area is 134 Å². The fourth-order valence-corrected chi connectivity index (χ4v) is 3.61. The number of benzene rings is 1. The molecule has 20 heavy (non-hydrogen) atoms. The average molecular weight is 385 g/mol. The fourth-order valence-electron chi connectivity index (χ4n) is 1.50. The summed E-state index contributed by atoms with van der Waals surface area (Å²) < 4.78 is 32.7. The summed E-state index contributed by atoms with van der Waals surface area (Å²) in [6.07, 6.45) is 2.76. The highest BCUT2D eigenvalue weighted by Crippen LogP contribution is 2.24. The van der Waals surface area contributed by atoms with Crippen LogP contribution in [0.2, 0.25) is 5.02 Å². The number of hydrogen-bond acceptors (Lipinski definition) is 3. The van der Waals surface area contributed by atoms with Gasteiger partial charge >= 0.3 is 0 Å². The van der Waals surface area contributed by atoms with E-state index >= 15 is 0 Å². The van der Waals surface area contributed by atoms with Crippen molar-refractivity contribution in [3.8, 4) is 0 Å². The summed E-state index contributed by atoms with van der Waals surface area (Å²) >= 11 is 9.18. The quantitative estimate of drug-likeness (QED) is 0.662. The Balaban J connectivity index is 2.42. The van der Waals surface area contributed by atoms with Gasteiger partial charge in [-0.2, -0.15) is 0 Å². The number of sulfonamides is 1. The van der Waals surface area contributed by atoms with Gasteiger partial charge in [-0.05, 0) is 31.0 Å². The third-order valence-electron chi connectivity index (χ3n) is 2.58. The van der Waals surface area contributed by atoms with Crippen molar-refractivity contribution in [1.29, 1.82) is 0 Å². The van der Waals surface area contributed by atoms with Gasteiger partial charge in [0.15, 0.2) is 0 Å². The number of nitrogens with one attached hydrogen (secondary N) is 1. The van der Waals surface area contributed by atoms with E-state index < -0.39 is 10.0 Å². The maximum Gasteiger partial charge on any atom is 0.242 e. The maximum atomic E-state index is 12.0. The first kappa shape index (κ1) is 17.9. The molecule has 0 aliphatic carbocycles. The lowest BCUT2D eigenvalue weighted by molar-refractivity contribution is 0.130. The molecule has 0 amide bonds. The second-order valence-electron chi connectivity index (χ2n) is 4.29. The third-order valence-corrected chi connectivity index (χ3v) is 5.02. The van der Waals surface area contributed by atoms with Gasteiger partial charge < -0.3 is 4.74 Å². The predicted octanol–water partition coefficient (Wildman–Crippen LogP) is 3.59. The van der Waals surface area contributed by atoms with Crippen LogP contribution in [0.25, 0.3) is 0 Å². The summed E-state index contributed by atoms with van der Waals surface area (Å²) in [6.45, 7) is 3.71. The fraction of sp³-hybridized carbons (Fsp3) is 0.538. The van der Waals surface area contributed by atoms with Gasteiger partial charge in [0.1, 0.15) is 4.90 Å². The van der Waals surface area contributed by atoms with Gasteiger partial charge in [-0.3, -0.25) is 0 Å². The normalized spacial score (nSPS) is 11.8. The van der Waals surface area contributed by atoms with Gasteiger partial charge in [-0.25, -0.2) is 13.1 Å². The highest BCUT2D eigenvalue weighted by atomic mass is 79.9. The van der Waals surface area contributed by atoms with Gasteiger partial charge in [0.2, 0.25) is 10.0 Å². The molecule has 0 fully saturated rings. The van der Waals surface area contributed by atoms with E-state index in [0.717, 1.165) is 23.9 Å². The van der Waals surface area contributed by atoms with Gasteiger partial charge in [0.25, 0.3) is 0 Å². The van der Waals surface area contributed by atoms with Crippen LogP contribution in [0, 0.1) is 0 Å². The van der Waals surface area contributed by atoms with Crippen LogP contribution in [-0.4, -0.2) is 28.2 Å². The SMILES string of the molecule is CCCCOCCCNS(=O)(=O)c1ccc(Br)cc1Cl. The second kappa shape index (κ2) is 9.00. The Hall–Kier alpha value is -0.140. The molecule has 1 aromatic carbocycles. The van der Waals surface area contributed by atoms with Crippen LogP contribution in [-0.2, 0) is 14.8 Å². The summed E-state index contributed by atoms with van der Waals surface area (Å²) in [5.41, 5.74) is 0. The third kappa shape index (κ3) is 6.10. The maximum absolute atomic E-state index is 12.0. The zero-order valence-electron chi connectivity index (χ0n) is 11.4. The Kier molecular flexibility index (Phi) is 8.06. The molecule has 0 saturated heterocycles. The van der Waals surface area contributed by atoms with E-state index in [9.17, 15) is 8.42 Å². The molecule has 0 saturated carbocycles. The molecule has 0 spiro atoms. The Morgan fingerprint density at radius 3 is 2.65 bits per heavy atom. The van der Waals surface area contributed by atoms with Crippen LogP contribution in [0.15, 0.2) is 27.6 Å². The number of unbranched alkanes of at least 4 members (excludes halogenated alkanes) is 1. The van der Waals surface area contributed by atoms with E-state index in [1.54, 1.807) is 12.1 Å². The molecule has 0 heterocycles. The van der Waals surface area contributed by atoms with Crippen molar-refractivity contribution in [3.63, 3.8) is 0 Å². The summed E-state index contributed by atoms with van der Waals surface area (Å²) in [5, 5.41) is 0.200. The Morgan fingerprint density at radius 2 is 2.00 bits per heavy atom. The molecule has 0 unspecified atom stereocenters. The number of hydrogen-bond donors (Lipinski definition) is 1. The standard InChI is InChI=1S/C13H19BrClNO3S/c1-2-3-8-19-9-4-7-16-20(17,18)13-6-5-11(14)10-12(13)15/h5-6,10,16H,2-4,7-9H2,1H3. The number of halogens is 2. The molecular formula is C13H19BrClNO3S. The lowest BCUT2D eigenvalue weighted by Gasteiger charge is -2.09. The van der Waals surface area contributed by atoms with Gasteiger partial charge in [0, 0.05) is 24.2 Å². The smallest absolute Gasteiger partial charge is 0.242 e. The van der Waals surface area contributed by atoms with Crippen LogP contribution < -0.4 is 4.72 Å². The first-order valence-electron chi connectivity index (χ1n) is 6.50. The minimum Gasteiger partial charge on any atom is -0.381 e. The molecule has 1 aromatic rings. The summed E-state index contributed by atoms with van der Waals surface area (Å²) in [4.78, 5) is 0.0919. The summed E-state index contributed by atoms with van der Waals surface area (Å²) in [7, 11) is -3.56. The van der Waals surface area contributed by atoms with Crippen LogP contribution >= 0.6 is 27.5 Å². The average Bonchev–Trinajstić information content (AvgIpc) is 2.37. The van der Waals surface area contributed by atoms with Crippen LogP contribution in [0.4, 0.5) is 0 Å². The minimum absolute atomic E-state index is 0.0919. The number of ether oxygens (including phenoxy) is 1. The molecule has 0 aliphatic rings. The first-order valence-corrected chi connectivity index (χ1v) is 9.15. The molecule has 0 radical (unpaired) electrons. The molecule has 0 aromatic heterocycles. The zero-order valence-corrected chi connectivity index (χ0v) is 14.5. The van der Waals surface area contributed by atoms with Crippen molar-refractivity contribution in [2.45, 2.75) is 31.1 Å². The molecule has 1 N–H and O–H groups in total. The first-order chi connectivity index (χ1) is 9.47. The molecule has 4 nitrogen and oxygen atoms in total. The molecule has 7 heteroatoms. The van der Waals surface area contributed by atoms with E-state index in [1.165, 1.54) is 6.07 Å². The molecule has 1 rings (SSSR count). The molecule has 0 aliphatic heterocycles. The largest absolute Gasteiger partial charge is 0.381 e. The highest BCUT2D eigenvalue weighted by molar-refractivity contribution is 9.10. The molecule has 0 bridgehead atoms. The second-order valence-corrected chi connectivity index (χ2v) is 7.35. The number of rotatable bonds is 9. The summed E-state index contributed by atoms with van der Waals surface area (Å²) in [6, 6.07) is 4.69. The summed E-state index contributed by atoms with van der Waals surface area (Å²) in [5.74, 6) is 0. The lowest BCUT2D eigenvalue weighted by Crippen LogP contribution is -2.25. The molecule has 114 valence electrons. The van der Waals surface area contributed by atoms with Gasteiger partial charge in [-0.1, -0.05) is 40.9 Å². The van der Waals surface area contributed by atoms with Gasteiger partial charge in [0.05, 0.1) is 5.02 Å². The van der Waals surface area contributed by atoms with Crippen LogP contribution in [0.5, 0.6) is 0 Å². The minimum atomic E-state index is -3.56.